The molecule has 11 rings (SSSR count). The Morgan fingerprint density at radius 1 is 0.314 bits per heavy atom. The Kier molecular flexibility index (Phi) is 10.5. The van der Waals surface area contributed by atoms with Crippen LogP contribution in [0.2, 0.25) is 0 Å². The zero-order valence-electron chi connectivity index (χ0n) is 43.2. The minimum atomic E-state index is -0.0969. The lowest BCUT2D eigenvalue weighted by Gasteiger charge is -2.31. The average Bonchev–Trinajstić information content (AvgIpc) is 3.66. The van der Waals surface area contributed by atoms with Crippen molar-refractivity contribution in [1.82, 2.24) is 4.57 Å². The second-order valence-electron chi connectivity index (χ2n) is 24.0. The molecule has 2 heteroatoms. The third-order valence-corrected chi connectivity index (χ3v) is 14.9. The predicted octanol–water partition coefficient (Wildman–Crippen LogP) is 19.7. The summed E-state index contributed by atoms with van der Waals surface area (Å²) in [5.41, 5.74) is 17.3. The van der Waals surface area contributed by atoms with Crippen molar-refractivity contribution in [3.63, 3.8) is 0 Å². The number of rotatable bonds is 6. The lowest BCUT2D eigenvalue weighted by atomic mass is 9.79. The highest BCUT2D eigenvalue weighted by molar-refractivity contribution is 6.27. The highest BCUT2D eigenvalue weighted by Gasteiger charge is 2.26. The maximum Gasteiger partial charge on any atom is 0.0541 e. The van der Waals surface area contributed by atoms with Crippen LogP contribution in [-0.2, 0) is 21.7 Å². The van der Waals surface area contributed by atoms with Crippen LogP contribution in [0, 0.1) is 0 Å². The Morgan fingerprint density at radius 2 is 0.757 bits per heavy atom. The number of fused-ring (bicyclic) bond motifs is 3. The third-order valence-electron chi connectivity index (χ3n) is 14.9. The van der Waals surface area contributed by atoms with Crippen molar-refractivity contribution in [3.05, 3.63) is 204 Å². The van der Waals surface area contributed by atoms with Crippen LogP contribution in [0.5, 0.6) is 0 Å². The fraction of sp³-hybridized carbons (Fsp3) is 0.235. The van der Waals surface area contributed by atoms with Crippen LogP contribution in [0.4, 0.5) is 17.1 Å². The van der Waals surface area contributed by atoms with E-state index < -0.39 is 0 Å². The SMILES string of the molecule is CC(C)(C)c1ccc(-c2cc(N(c3ccc(-c4cc(C(C)(C)C)cc(C(C)(C)C)c4)cc3)c3ccc4ccc5c(-n6c7ccccc7c7ccccc76)ccc6ccc3c4c65)cc(C(C)(C)C)c2)cc1. The van der Waals surface area contributed by atoms with Crippen LogP contribution >= 0.6 is 0 Å². The number of anilines is 3. The molecule has 0 unspecified atom stereocenters. The van der Waals surface area contributed by atoms with E-state index in [0.717, 1.165) is 17.1 Å². The molecule has 0 N–H and O–H groups in total. The summed E-state index contributed by atoms with van der Waals surface area (Å²) >= 11 is 0. The summed E-state index contributed by atoms with van der Waals surface area (Å²) in [6.45, 7) is 27.8. The van der Waals surface area contributed by atoms with Crippen molar-refractivity contribution in [2.24, 2.45) is 0 Å². The van der Waals surface area contributed by atoms with Gasteiger partial charge in [-0.3, -0.25) is 0 Å². The van der Waals surface area contributed by atoms with Crippen LogP contribution in [0.15, 0.2) is 182 Å². The topological polar surface area (TPSA) is 8.17 Å². The van der Waals surface area contributed by atoms with Gasteiger partial charge in [0.25, 0.3) is 0 Å². The van der Waals surface area contributed by atoms with Crippen LogP contribution < -0.4 is 4.90 Å². The van der Waals surface area contributed by atoms with Crippen molar-refractivity contribution >= 4 is 71.2 Å². The predicted molar refractivity (Wildman–Crippen MR) is 305 cm³/mol. The molecular formula is C68H66N2. The van der Waals surface area contributed by atoms with Gasteiger partial charge in [-0.05, 0) is 136 Å². The molecule has 0 saturated heterocycles. The second kappa shape index (κ2) is 16.2. The fourth-order valence-corrected chi connectivity index (χ4v) is 10.7. The van der Waals surface area contributed by atoms with E-state index in [0.29, 0.717) is 0 Å². The zero-order valence-corrected chi connectivity index (χ0v) is 43.2. The molecule has 0 aliphatic heterocycles. The van der Waals surface area contributed by atoms with Crippen molar-refractivity contribution < 1.29 is 0 Å². The van der Waals surface area contributed by atoms with E-state index in [2.05, 4.69) is 275 Å². The Bertz CT molecular complexity index is 3690. The molecule has 2 nitrogen and oxygen atoms in total. The molecule has 11 aromatic rings. The third kappa shape index (κ3) is 7.83. The van der Waals surface area contributed by atoms with E-state index in [1.54, 1.807) is 0 Å². The van der Waals surface area contributed by atoms with E-state index in [9.17, 15) is 0 Å². The summed E-state index contributed by atoms with van der Waals surface area (Å²) in [6.07, 6.45) is 0. The van der Waals surface area contributed by atoms with E-state index in [4.69, 9.17) is 0 Å². The number of hydrogen-bond donors (Lipinski definition) is 0. The van der Waals surface area contributed by atoms with E-state index in [-0.39, 0.29) is 21.7 Å². The summed E-state index contributed by atoms with van der Waals surface area (Å²) in [4.78, 5) is 2.53. The molecule has 1 aromatic heterocycles. The maximum absolute atomic E-state index is 2.53. The van der Waals surface area contributed by atoms with Gasteiger partial charge in [-0.1, -0.05) is 217 Å². The molecule has 0 spiro atoms. The Balaban J connectivity index is 1.16. The van der Waals surface area contributed by atoms with Crippen molar-refractivity contribution in [2.75, 3.05) is 4.90 Å². The van der Waals surface area contributed by atoms with E-state index in [1.165, 1.54) is 104 Å². The first-order chi connectivity index (χ1) is 33.2. The molecule has 70 heavy (non-hydrogen) atoms. The molecule has 0 aliphatic rings. The lowest BCUT2D eigenvalue weighted by molar-refractivity contribution is 0.569. The normalized spacial score (nSPS) is 12.9. The lowest BCUT2D eigenvalue weighted by Crippen LogP contribution is -2.16. The molecule has 0 radical (unpaired) electrons. The van der Waals surface area contributed by atoms with Gasteiger partial charge in [0.1, 0.15) is 0 Å². The molecule has 0 saturated carbocycles. The van der Waals surface area contributed by atoms with Crippen LogP contribution in [0.3, 0.4) is 0 Å². The quantitative estimate of drug-likeness (QED) is 0.151. The second-order valence-corrected chi connectivity index (χ2v) is 24.0. The summed E-state index contributed by atoms with van der Waals surface area (Å²) in [5.74, 6) is 0. The Morgan fingerprint density at radius 3 is 1.30 bits per heavy atom. The zero-order chi connectivity index (χ0) is 49.1. The first-order valence-corrected chi connectivity index (χ1v) is 25.2. The fourth-order valence-electron chi connectivity index (χ4n) is 10.7. The first kappa shape index (κ1) is 45.3. The van der Waals surface area contributed by atoms with Gasteiger partial charge in [0, 0.05) is 32.9 Å². The van der Waals surface area contributed by atoms with Gasteiger partial charge in [0.05, 0.1) is 22.4 Å². The highest BCUT2D eigenvalue weighted by Crippen LogP contribution is 2.48. The molecule has 348 valence electrons. The van der Waals surface area contributed by atoms with Crippen molar-refractivity contribution in [3.8, 4) is 27.9 Å². The van der Waals surface area contributed by atoms with Gasteiger partial charge in [-0.15, -0.1) is 0 Å². The number of benzene rings is 10. The Labute approximate surface area is 415 Å². The summed E-state index contributed by atoms with van der Waals surface area (Å²) in [6, 6.07) is 69.5. The monoisotopic (exact) mass is 911 g/mol. The summed E-state index contributed by atoms with van der Waals surface area (Å²) < 4.78 is 2.47. The van der Waals surface area contributed by atoms with Gasteiger partial charge in [-0.2, -0.15) is 0 Å². The van der Waals surface area contributed by atoms with E-state index in [1.807, 2.05) is 0 Å². The molecule has 10 aromatic carbocycles. The minimum absolute atomic E-state index is 0.0227. The molecule has 0 fully saturated rings. The van der Waals surface area contributed by atoms with Crippen LogP contribution in [0.1, 0.15) is 105 Å². The van der Waals surface area contributed by atoms with Crippen LogP contribution in [0.25, 0.3) is 82.1 Å². The van der Waals surface area contributed by atoms with Gasteiger partial charge in [0.15, 0.2) is 0 Å². The standard InChI is InChI=1S/C68H66N2/c1-65(2,3)49-29-21-43(22-30-49)48-39-52(68(10,11)12)42-54(40-48)69(53-31-23-44(24-32-53)47-37-50(66(4,5)6)41-51(38-47)67(7,8)9)61-35-27-45-26-34-58-62(36-28-46-25-33-57(61)63(45)64(46)58)70-59-19-15-13-17-55(59)56-18-14-16-20-60(56)70/h13-42H,1-12H3. The number of para-hydroxylation sites is 2. The van der Waals surface area contributed by atoms with Crippen molar-refractivity contribution in [1.29, 1.82) is 0 Å². The Hall–Kier alpha value is -7.16. The molecule has 0 atom stereocenters. The van der Waals surface area contributed by atoms with Gasteiger partial charge < -0.3 is 9.47 Å². The number of aromatic nitrogens is 1. The molecule has 0 amide bonds. The first-order valence-electron chi connectivity index (χ1n) is 25.2. The van der Waals surface area contributed by atoms with Gasteiger partial charge in [0.2, 0.25) is 0 Å². The van der Waals surface area contributed by atoms with E-state index >= 15 is 0 Å². The largest absolute Gasteiger partial charge is 0.310 e. The summed E-state index contributed by atoms with van der Waals surface area (Å²) in [7, 11) is 0. The van der Waals surface area contributed by atoms with Gasteiger partial charge in [-0.25, -0.2) is 0 Å². The van der Waals surface area contributed by atoms with Crippen LogP contribution in [-0.4, -0.2) is 4.57 Å². The van der Waals surface area contributed by atoms with Gasteiger partial charge >= 0.3 is 0 Å². The maximum atomic E-state index is 2.53. The molecular weight excluding hydrogens is 845 g/mol. The smallest absolute Gasteiger partial charge is 0.0541 e. The number of nitrogens with zero attached hydrogens (tertiary/aromatic N) is 2. The highest BCUT2D eigenvalue weighted by atomic mass is 15.1. The molecule has 0 aliphatic carbocycles. The van der Waals surface area contributed by atoms with Crippen molar-refractivity contribution in [2.45, 2.75) is 105 Å². The molecule has 1 heterocycles. The summed E-state index contributed by atoms with van der Waals surface area (Å²) in [5, 5.41) is 10.1. The number of hydrogen-bond acceptors (Lipinski definition) is 1. The average molecular weight is 911 g/mol. The molecule has 0 bridgehead atoms. The minimum Gasteiger partial charge on any atom is -0.310 e.